The summed E-state index contributed by atoms with van der Waals surface area (Å²) in [5.74, 6) is 2.05. The van der Waals surface area contributed by atoms with Gasteiger partial charge in [-0.05, 0) is 32.3 Å². The van der Waals surface area contributed by atoms with E-state index in [1.54, 1.807) is 0 Å². The summed E-state index contributed by atoms with van der Waals surface area (Å²) < 4.78 is 1.83. The Kier molecular flexibility index (Phi) is 5.70. The third kappa shape index (κ3) is 4.12. The molecule has 1 N–H and O–H groups in total. The summed E-state index contributed by atoms with van der Waals surface area (Å²) in [6.07, 6.45) is 0.951. The topological polar surface area (TPSA) is 82.9 Å². The Balaban J connectivity index is 1.66. The van der Waals surface area contributed by atoms with Crippen molar-refractivity contribution >= 4 is 5.91 Å². The van der Waals surface area contributed by atoms with Crippen LogP contribution in [-0.2, 0) is 13.1 Å². The van der Waals surface area contributed by atoms with E-state index in [-0.39, 0.29) is 5.91 Å². The third-order valence-electron chi connectivity index (χ3n) is 4.79. The van der Waals surface area contributed by atoms with Gasteiger partial charge in [0.25, 0.3) is 5.91 Å². The highest BCUT2D eigenvalue weighted by Crippen LogP contribution is 2.17. The van der Waals surface area contributed by atoms with E-state index in [0.29, 0.717) is 24.7 Å². The molecule has 0 unspecified atom stereocenters. The molecule has 26 heavy (non-hydrogen) atoms. The highest BCUT2D eigenvalue weighted by molar-refractivity contribution is 5.92. The molecule has 0 radical (unpaired) electrons. The lowest BCUT2D eigenvalue weighted by Gasteiger charge is -2.21. The third-order valence-corrected chi connectivity index (χ3v) is 4.79. The Morgan fingerprint density at radius 2 is 2.08 bits per heavy atom. The fraction of sp³-hybridized carbons (Fsp3) is 0.667. The average molecular weight is 359 g/mol. The van der Waals surface area contributed by atoms with E-state index in [1.165, 1.54) is 0 Å². The van der Waals surface area contributed by atoms with Crippen LogP contribution in [0.1, 0.15) is 60.9 Å². The van der Waals surface area contributed by atoms with Crippen LogP contribution >= 0.6 is 0 Å². The molecule has 1 saturated heterocycles. The predicted molar refractivity (Wildman–Crippen MR) is 98.9 cm³/mol. The zero-order chi connectivity index (χ0) is 18.7. The van der Waals surface area contributed by atoms with Gasteiger partial charge in [0, 0.05) is 32.7 Å². The molecule has 0 atom stereocenters. The number of H-pyrrole nitrogens is 1. The summed E-state index contributed by atoms with van der Waals surface area (Å²) in [6, 6.07) is 1.95. The zero-order valence-corrected chi connectivity index (χ0v) is 16.2. The average Bonchev–Trinajstić information content (AvgIpc) is 3.15. The largest absolute Gasteiger partial charge is 0.336 e. The summed E-state index contributed by atoms with van der Waals surface area (Å²) >= 11 is 0. The van der Waals surface area contributed by atoms with Gasteiger partial charge in [-0.3, -0.25) is 19.5 Å². The van der Waals surface area contributed by atoms with Gasteiger partial charge in [0.05, 0.1) is 12.2 Å². The van der Waals surface area contributed by atoms with Crippen molar-refractivity contribution in [3.05, 3.63) is 29.1 Å². The number of nitrogens with one attached hydrogen (secondary N) is 1. The van der Waals surface area contributed by atoms with Crippen molar-refractivity contribution in [3.63, 3.8) is 0 Å². The van der Waals surface area contributed by atoms with Crippen LogP contribution in [0.4, 0.5) is 0 Å². The van der Waals surface area contributed by atoms with Crippen LogP contribution in [0.3, 0.4) is 0 Å². The lowest BCUT2D eigenvalue weighted by molar-refractivity contribution is 0.0748. The lowest BCUT2D eigenvalue weighted by Crippen LogP contribution is -2.36. The first-order valence-corrected chi connectivity index (χ1v) is 9.45. The molecule has 1 aliphatic heterocycles. The van der Waals surface area contributed by atoms with Crippen molar-refractivity contribution in [2.75, 3.05) is 26.2 Å². The van der Waals surface area contributed by atoms with Gasteiger partial charge in [-0.1, -0.05) is 13.8 Å². The molecule has 2 aromatic rings. The minimum absolute atomic E-state index is 0.0850. The number of hydrogen-bond acceptors (Lipinski definition) is 5. The number of aromatic nitrogens is 5. The molecule has 3 heterocycles. The van der Waals surface area contributed by atoms with Crippen molar-refractivity contribution in [2.24, 2.45) is 0 Å². The SMILES string of the molecule is CCn1nc(C(C)C)cc1C(=O)N1CCCN(Cc2n[nH]c(C)n2)CC1. The van der Waals surface area contributed by atoms with Gasteiger partial charge in [0.15, 0.2) is 5.82 Å². The fourth-order valence-corrected chi connectivity index (χ4v) is 3.29. The quantitative estimate of drug-likeness (QED) is 0.880. The van der Waals surface area contributed by atoms with Crippen LogP contribution in [0.15, 0.2) is 6.07 Å². The molecule has 8 heteroatoms. The maximum Gasteiger partial charge on any atom is 0.272 e. The summed E-state index contributed by atoms with van der Waals surface area (Å²) in [6.45, 7) is 12.8. The lowest BCUT2D eigenvalue weighted by atomic mass is 10.1. The van der Waals surface area contributed by atoms with E-state index in [2.05, 4.69) is 39.0 Å². The van der Waals surface area contributed by atoms with Gasteiger partial charge in [-0.25, -0.2) is 4.98 Å². The van der Waals surface area contributed by atoms with Crippen LogP contribution in [0.25, 0.3) is 0 Å². The zero-order valence-electron chi connectivity index (χ0n) is 16.2. The van der Waals surface area contributed by atoms with Gasteiger partial charge in [0.1, 0.15) is 11.5 Å². The Morgan fingerprint density at radius 1 is 1.27 bits per heavy atom. The summed E-state index contributed by atoms with van der Waals surface area (Å²) in [5, 5.41) is 11.7. The second kappa shape index (κ2) is 7.99. The number of hydrogen-bond donors (Lipinski definition) is 1. The van der Waals surface area contributed by atoms with E-state index in [1.807, 2.05) is 29.5 Å². The highest BCUT2D eigenvalue weighted by Gasteiger charge is 2.24. The molecule has 0 aliphatic carbocycles. The van der Waals surface area contributed by atoms with Crippen molar-refractivity contribution in [1.82, 2.24) is 34.8 Å². The van der Waals surface area contributed by atoms with Gasteiger partial charge in [-0.2, -0.15) is 10.2 Å². The summed E-state index contributed by atoms with van der Waals surface area (Å²) in [7, 11) is 0. The Morgan fingerprint density at radius 3 is 2.73 bits per heavy atom. The van der Waals surface area contributed by atoms with Gasteiger partial charge in [-0.15, -0.1) is 0 Å². The number of rotatable bonds is 5. The summed E-state index contributed by atoms with van der Waals surface area (Å²) in [4.78, 5) is 21.7. The van der Waals surface area contributed by atoms with E-state index in [4.69, 9.17) is 0 Å². The van der Waals surface area contributed by atoms with E-state index >= 15 is 0 Å². The highest BCUT2D eigenvalue weighted by atomic mass is 16.2. The van der Waals surface area contributed by atoms with Crippen LogP contribution in [0, 0.1) is 6.92 Å². The van der Waals surface area contributed by atoms with E-state index in [0.717, 1.165) is 49.9 Å². The van der Waals surface area contributed by atoms with Gasteiger partial charge in [0.2, 0.25) is 0 Å². The van der Waals surface area contributed by atoms with Crippen molar-refractivity contribution in [2.45, 2.75) is 53.1 Å². The number of carbonyl (C=O) groups is 1. The predicted octanol–water partition coefficient (Wildman–Crippen LogP) is 1.80. The van der Waals surface area contributed by atoms with Crippen molar-refractivity contribution in [1.29, 1.82) is 0 Å². The van der Waals surface area contributed by atoms with Gasteiger partial charge < -0.3 is 4.90 Å². The molecule has 0 aromatic carbocycles. The molecule has 0 bridgehead atoms. The second-order valence-electron chi connectivity index (χ2n) is 7.18. The maximum absolute atomic E-state index is 13.1. The molecule has 3 rings (SSSR count). The molecule has 8 nitrogen and oxygen atoms in total. The first-order valence-electron chi connectivity index (χ1n) is 9.45. The molecular formula is C18H29N7O. The Bertz CT molecular complexity index is 749. The fourth-order valence-electron chi connectivity index (χ4n) is 3.29. The van der Waals surface area contributed by atoms with Crippen LogP contribution in [-0.4, -0.2) is 66.8 Å². The number of nitrogens with zero attached hydrogens (tertiary/aromatic N) is 6. The number of carbonyl (C=O) groups excluding carboxylic acids is 1. The standard InChI is InChI=1S/C18H29N7O/c1-5-25-16(11-15(22-25)13(2)3)18(26)24-8-6-7-23(9-10-24)12-17-19-14(4)20-21-17/h11,13H,5-10,12H2,1-4H3,(H,19,20,21). The molecular weight excluding hydrogens is 330 g/mol. The monoisotopic (exact) mass is 359 g/mol. The van der Waals surface area contributed by atoms with E-state index in [9.17, 15) is 4.79 Å². The molecule has 1 fully saturated rings. The van der Waals surface area contributed by atoms with Gasteiger partial charge >= 0.3 is 0 Å². The second-order valence-corrected chi connectivity index (χ2v) is 7.18. The Labute approximate surface area is 154 Å². The molecule has 0 spiro atoms. The van der Waals surface area contributed by atoms with Crippen molar-refractivity contribution in [3.8, 4) is 0 Å². The number of amides is 1. The molecule has 1 amide bonds. The molecule has 1 aliphatic rings. The first-order chi connectivity index (χ1) is 12.5. The molecule has 142 valence electrons. The smallest absolute Gasteiger partial charge is 0.272 e. The Hall–Kier alpha value is -2.22. The van der Waals surface area contributed by atoms with Crippen molar-refractivity contribution < 1.29 is 4.79 Å². The first kappa shape index (κ1) is 18.6. The molecule has 0 saturated carbocycles. The van der Waals surface area contributed by atoms with Crippen LogP contribution in [0.2, 0.25) is 0 Å². The maximum atomic E-state index is 13.1. The number of aryl methyl sites for hydroxylation is 2. The normalized spacial score (nSPS) is 16.3. The summed E-state index contributed by atoms with van der Waals surface area (Å²) in [5.41, 5.74) is 1.68. The molecule has 2 aromatic heterocycles. The van der Waals surface area contributed by atoms with E-state index < -0.39 is 0 Å². The van der Waals surface area contributed by atoms with Crippen LogP contribution in [0.5, 0.6) is 0 Å². The van der Waals surface area contributed by atoms with Crippen LogP contribution < -0.4 is 0 Å². The minimum atomic E-state index is 0.0850. The number of aromatic amines is 1. The minimum Gasteiger partial charge on any atom is -0.336 e.